The molecule has 0 radical (unpaired) electrons. The number of nitrogens with two attached hydrogens (primary N) is 1. The number of hydrogen-bond donors (Lipinski definition) is 2. The lowest BCUT2D eigenvalue weighted by Crippen LogP contribution is -2.27. The molecule has 0 aliphatic heterocycles. The predicted octanol–water partition coefficient (Wildman–Crippen LogP) is 2.86. The fourth-order valence-electron chi connectivity index (χ4n) is 2.40. The van der Waals surface area contributed by atoms with Gasteiger partial charge in [-0.05, 0) is 49.9 Å². The predicted molar refractivity (Wildman–Crippen MR) is 79.0 cm³/mol. The maximum atomic E-state index is 8.76. The van der Waals surface area contributed by atoms with Crippen molar-refractivity contribution in [2.75, 3.05) is 11.4 Å². The molecule has 1 saturated carbocycles. The monoisotopic (exact) mass is 261 g/mol. The van der Waals surface area contributed by atoms with Gasteiger partial charge in [0.1, 0.15) is 0 Å². The van der Waals surface area contributed by atoms with E-state index in [-0.39, 0.29) is 5.84 Å². The Morgan fingerprint density at radius 3 is 2.74 bits per heavy atom. The molecule has 1 aromatic rings. The number of aryl methyl sites for hydroxylation is 1. The number of nitrogens with zero attached hydrogens (tertiary/aromatic N) is 2. The lowest BCUT2D eigenvalue weighted by atomic mass is 10.1. The zero-order valence-corrected chi connectivity index (χ0v) is 11.8. The third kappa shape index (κ3) is 3.19. The summed E-state index contributed by atoms with van der Waals surface area (Å²) >= 11 is 0. The van der Waals surface area contributed by atoms with Crippen LogP contribution in [0.2, 0.25) is 0 Å². The van der Waals surface area contributed by atoms with Gasteiger partial charge in [-0.3, -0.25) is 0 Å². The van der Waals surface area contributed by atoms with Gasteiger partial charge in [0.25, 0.3) is 0 Å². The molecule has 0 amide bonds. The minimum absolute atomic E-state index is 0.176. The van der Waals surface area contributed by atoms with E-state index in [0.717, 1.165) is 17.7 Å². The largest absolute Gasteiger partial charge is 0.409 e. The first-order chi connectivity index (χ1) is 9.17. The maximum absolute atomic E-state index is 8.76. The first kappa shape index (κ1) is 13.7. The normalized spacial score (nSPS) is 15.6. The summed E-state index contributed by atoms with van der Waals surface area (Å²) in [7, 11) is 0. The molecule has 0 saturated heterocycles. The Bertz CT molecular complexity index is 466. The molecule has 0 spiro atoms. The highest BCUT2D eigenvalue weighted by Gasteiger charge is 2.28. The Kier molecular flexibility index (Phi) is 4.30. The zero-order valence-electron chi connectivity index (χ0n) is 11.8. The summed E-state index contributed by atoms with van der Waals surface area (Å²) in [5.41, 5.74) is 8.77. The molecule has 19 heavy (non-hydrogen) atoms. The molecule has 1 aliphatic rings. The van der Waals surface area contributed by atoms with Crippen molar-refractivity contribution >= 4 is 11.5 Å². The van der Waals surface area contributed by atoms with Gasteiger partial charge >= 0.3 is 0 Å². The summed E-state index contributed by atoms with van der Waals surface area (Å²) in [5.74, 6) is 0.176. The Morgan fingerprint density at radius 1 is 1.47 bits per heavy atom. The van der Waals surface area contributed by atoms with Crippen molar-refractivity contribution in [3.05, 3.63) is 29.3 Å². The average Bonchev–Trinajstić information content (AvgIpc) is 3.23. The Labute approximate surface area is 114 Å². The Balaban J connectivity index is 2.21. The van der Waals surface area contributed by atoms with Gasteiger partial charge in [-0.25, -0.2) is 0 Å². The molecule has 4 nitrogen and oxygen atoms in total. The molecule has 1 aliphatic carbocycles. The number of anilines is 1. The van der Waals surface area contributed by atoms with Crippen LogP contribution in [-0.4, -0.2) is 23.6 Å². The molecular formula is C15H23N3O. The molecule has 2 rings (SSSR count). The van der Waals surface area contributed by atoms with E-state index in [2.05, 4.69) is 29.1 Å². The van der Waals surface area contributed by atoms with E-state index in [4.69, 9.17) is 10.9 Å². The number of hydrogen-bond acceptors (Lipinski definition) is 3. The highest BCUT2D eigenvalue weighted by atomic mass is 16.4. The van der Waals surface area contributed by atoms with Gasteiger partial charge in [0, 0.05) is 23.8 Å². The average molecular weight is 261 g/mol. The number of benzene rings is 1. The maximum Gasteiger partial charge on any atom is 0.170 e. The first-order valence-corrected chi connectivity index (χ1v) is 7.02. The van der Waals surface area contributed by atoms with Gasteiger partial charge in [-0.2, -0.15) is 0 Å². The molecule has 4 heteroatoms. The van der Waals surface area contributed by atoms with Crippen molar-refractivity contribution in [3.8, 4) is 0 Å². The van der Waals surface area contributed by atoms with E-state index in [1.165, 1.54) is 31.4 Å². The molecule has 0 heterocycles. The SMILES string of the molecule is CCCCN(c1ccc(/C(N)=N/O)c(C)c1)C1CC1. The van der Waals surface area contributed by atoms with Gasteiger partial charge in [-0.15, -0.1) is 0 Å². The Morgan fingerprint density at radius 2 is 2.21 bits per heavy atom. The summed E-state index contributed by atoms with van der Waals surface area (Å²) in [6.45, 7) is 5.34. The highest BCUT2D eigenvalue weighted by Crippen LogP contribution is 2.32. The lowest BCUT2D eigenvalue weighted by Gasteiger charge is -2.25. The number of rotatable bonds is 6. The second-order valence-electron chi connectivity index (χ2n) is 5.26. The van der Waals surface area contributed by atoms with E-state index >= 15 is 0 Å². The van der Waals surface area contributed by atoms with Crippen molar-refractivity contribution in [3.63, 3.8) is 0 Å². The summed E-state index contributed by atoms with van der Waals surface area (Å²) in [4.78, 5) is 2.49. The van der Waals surface area contributed by atoms with Crippen LogP contribution in [0.4, 0.5) is 5.69 Å². The van der Waals surface area contributed by atoms with Crippen molar-refractivity contribution in [1.29, 1.82) is 0 Å². The molecule has 0 aromatic heterocycles. The summed E-state index contributed by atoms with van der Waals surface area (Å²) in [5, 5.41) is 11.8. The highest BCUT2D eigenvalue weighted by molar-refractivity contribution is 5.98. The smallest absolute Gasteiger partial charge is 0.170 e. The molecule has 1 fully saturated rings. The quantitative estimate of drug-likeness (QED) is 0.358. The fraction of sp³-hybridized carbons (Fsp3) is 0.533. The lowest BCUT2D eigenvalue weighted by molar-refractivity contribution is 0.318. The van der Waals surface area contributed by atoms with Crippen molar-refractivity contribution in [1.82, 2.24) is 0 Å². The minimum atomic E-state index is 0.176. The van der Waals surface area contributed by atoms with Gasteiger partial charge < -0.3 is 15.8 Å². The summed E-state index contributed by atoms with van der Waals surface area (Å²) < 4.78 is 0. The number of unbranched alkanes of at least 4 members (excludes halogenated alkanes) is 1. The van der Waals surface area contributed by atoms with Crippen LogP contribution in [-0.2, 0) is 0 Å². The number of amidine groups is 1. The van der Waals surface area contributed by atoms with Crippen LogP contribution >= 0.6 is 0 Å². The molecule has 1 aromatic carbocycles. The fourth-order valence-corrected chi connectivity index (χ4v) is 2.40. The molecule has 104 valence electrons. The van der Waals surface area contributed by atoms with Crippen LogP contribution < -0.4 is 10.6 Å². The van der Waals surface area contributed by atoms with Crippen LogP contribution in [0, 0.1) is 6.92 Å². The van der Waals surface area contributed by atoms with E-state index in [1.54, 1.807) is 0 Å². The Hall–Kier alpha value is -1.71. The van der Waals surface area contributed by atoms with Crippen LogP contribution in [0.3, 0.4) is 0 Å². The van der Waals surface area contributed by atoms with Crippen LogP contribution in [0.5, 0.6) is 0 Å². The molecule has 0 atom stereocenters. The molecular weight excluding hydrogens is 238 g/mol. The second-order valence-corrected chi connectivity index (χ2v) is 5.26. The van der Waals surface area contributed by atoms with E-state index in [1.807, 2.05) is 13.0 Å². The van der Waals surface area contributed by atoms with E-state index in [9.17, 15) is 0 Å². The van der Waals surface area contributed by atoms with Crippen LogP contribution in [0.1, 0.15) is 43.7 Å². The standard InChI is InChI=1S/C15H23N3O/c1-3-4-9-18(12-5-6-12)13-7-8-14(11(2)10-13)15(16)17-19/h7-8,10,12,19H,3-6,9H2,1-2H3,(H2,16,17). The molecule has 0 bridgehead atoms. The van der Waals surface area contributed by atoms with Crippen molar-refractivity contribution < 1.29 is 5.21 Å². The molecule has 3 N–H and O–H groups in total. The minimum Gasteiger partial charge on any atom is -0.409 e. The van der Waals surface area contributed by atoms with Gasteiger partial charge in [0.15, 0.2) is 5.84 Å². The van der Waals surface area contributed by atoms with Crippen LogP contribution in [0.15, 0.2) is 23.4 Å². The topological polar surface area (TPSA) is 61.8 Å². The summed E-state index contributed by atoms with van der Waals surface area (Å²) in [6.07, 6.45) is 5.03. The third-order valence-corrected chi connectivity index (χ3v) is 3.67. The third-order valence-electron chi connectivity index (χ3n) is 3.67. The van der Waals surface area contributed by atoms with Crippen molar-refractivity contribution in [2.24, 2.45) is 10.9 Å². The zero-order chi connectivity index (χ0) is 13.8. The van der Waals surface area contributed by atoms with Crippen molar-refractivity contribution in [2.45, 2.75) is 45.6 Å². The van der Waals surface area contributed by atoms with Gasteiger partial charge in [0.2, 0.25) is 0 Å². The van der Waals surface area contributed by atoms with Gasteiger partial charge in [-0.1, -0.05) is 18.5 Å². The molecule has 0 unspecified atom stereocenters. The first-order valence-electron chi connectivity index (χ1n) is 7.02. The van der Waals surface area contributed by atoms with E-state index < -0.39 is 0 Å². The second kappa shape index (κ2) is 5.95. The number of oxime groups is 1. The van der Waals surface area contributed by atoms with Gasteiger partial charge in [0.05, 0.1) is 0 Å². The summed E-state index contributed by atoms with van der Waals surface area (Å²) in [6, 6.07) is 6.87. The van der Waals surface area contributed by atoms with E-state index in [0.29, 0.717) is 6.04 Å². The van der Waals surface area contributed by atoms with Crippen LogP contribution in [0.25, 0.3) is 0 Å².